The van der Waals surface area contributed by atoms with E-state index in [2.05, 4.69) is 20.4 Å². The molecule has 0 aliphatic heterocycles. The Morgan fingerprint density at radius 3 is 2.25 bits per heavy atom. The largest absolute Gasteiger partial charge is 0.458 e. The number of aromatic nitrogens is 4. The summed E-state index contributed by atoms with van der Waals surface area (Å²) in [6.45, 7) is 0. The van der Waals surface area contributed by atoms with Crippen LogP contribution in [0.2, 0.25) is 5.22 Å². The van der Waals surface area contributed by atoms with E-state index in [1.54, 1.807) is 18.3 Å². The monoisotopic (exact) mass is 442 g/mol. The van der Waals surface area contributed by atoms with Crippen LogP contribution < -0.4 is 5.56 Å². The van der Waals surface area contributed by atoms with E-state index in [1.165, 1.54) is 6.26 Å². The van der Waals surface area contributed by atoms with E-state index in [4.69, 9.17) is 20.4 Å². The first-order chi connectivity index (χ1) is 15.7. The maximum absolute atomic E-state index is 11.4. The summed E-state index contributed by atoms with van der Waals surface area (Å²) in [5.74, 6) is 0. The van der Waals surface area contributed by atoms with Gasteiger partial charge in [0, 0.05) is 17.2 Å². The molecule has 0 spiro atoms. The molecule has 0 amide bonds. The van der Waals surface area contributed by atoms with Crippen LogP contribution in [0.4, 0.5) is 0 Å². The van der Waals surface area contributed by atoms with Gasteiger partial charge in [-0.25, -0.2) is 5.10 Å². The van der Waals surface area contributed by atoms with Crippen molar-refractivity contribution in [2.45, 2.75) is 0 Å². The van der Waals surface area contributed by atoms with Gasteiger partial charge in [-0.3, -0.25) is 4.79 Å². The quantitative estimate of drug-likeness (QED) is 0.368. The lowest BCUT2D eigenvalue weighted by molar-refractivity contribution is 0.609. The first-order valence-corrected chi connectivity index (χ1v) is 10.1. The van der Waals surface area contributed by atoms with Crippen LogP contribution in [-0.2, 0) is 0 Å². The minimum absolute atomic E-state index is 0.306. The van der Waals surface area contributed by atoms with Gasteiger partial charge in [-0.1, -0.05) is 60.7 Å². The molecule has 0 fully saturated rings. The number of aromatic amines is 1. The van der Waals surface area contributed by atoms with Gasteiger partial charge in [0.25, 0.3) is 0 Å². The van der Waals surface area contributed by atoms with Crippen LogP contribution in [0.25, 0.3) is 44.5 Å². The molecule has 1 N–H and O–H groups in total. The smallest absolute Gasteiger partial charge is 0.307 e. The molecule has 6 rings (SSSR count). The van der Waals surface area contributed by atoms with Crippen LogP contribution in [0.15, 0.2) is 98.9 Å². The molecule has 0 aliphatic rings. The summed E-state index contributed by atoms with van der Waals surface area (Å²) in [5, 5.41) is 16.5. The molecular weight excluding hydrogens is 428 g/mol. The Morgan fingerprint density at radius 2 is 1.53 bits per heavy atom. The zero-order valence-corrected chi connectivity index (χ0v) is 17.3. The van der Waals surface area contributed by atoms with Crippen molar-refractivity contribution in [1.29, 1.82) is 0 Å². The van der Waals surface area contributed by atoms with E-state index < -0.39 is 0 Å². The number of halogens is 1. The van der Waals surface area contributed by atoms with Crippen LogP contribution in [-0.4, -0.2) is 20.4 Å². The average Bonchev–Trinajstić information content (AvgIpc) is 3.47. The molecule has 8 heteroatoms. The molecule has 0 atom stereocenters. The predicted molar refractivity (Wildman–Crippen MR) is 122 cm³/mol. The minimum Gasteiger partial charge on any atom is -0.458 e. The Hall–Kier alpha value is -4.23. The van der Waals surface area contributed by atoms with Gasteiger partial charge in [-0.15, -0.1) is 5.10 Å². The van der Waals surface area contributed by atoms with E-state index in [1.807, 2.05) is 60.7 Å². The van der Waals surface area contributed by atoms with Crippen LogP contribution in [0.5, 0.6) is 0 Å². The first-order valence-electron chi connectivity index (χ1n) is 9.68. The number of nitrogens with zero attached hydrogens (tertiary/aromatic N) is 3. The fourth-order valence-corrected chi connectivity index (χ4v) is 3.55. The standard InChI is InChI=1S/C12H7ClN2O.C12H8N2O2/c13-11-6-9-10(16-11)7-14-15-12(9)8-4-2-1-3-5-8;15-12-11-9(6-7-16-11)10(13-14-12)8-4-2-1-3-5-8/h1-7H;1-7H,(H,14,15). The minimum atomic E-state index is -0.306. The van der Waals surface area contributed by atoms with Crippen molar-refractivity contribution in [3.8, 4) is 22.5 Å². The topological polar surface area (TPSA) is 97.8 Å². The second-order valence-electron chi connectivity index (χ2n) is 6.82. The molecule has 0 bridgehead atoms. The number of hydrogen-bond donors (Lipinski definition) is 1. The maximum atomic E-state index is 11.4. The molecule has 0 aliphatic carbocycles. The number of nitrogens with one attached hydrogen (secondary N) is 1. The lowest BCUT2D eigenvalue weighted by atomic mass is 10.1. The number of fused-ring (bicyclic) bond motifs is 2. The highest BCUT2D eigenvalue weighted by molar-refractivity contribution is 6.30. The molecule has 0 unspecified atom stereocenters. The first kappa shape index (κ1) is 19.7. The number of furan rings is 2. The summed E-state index contributed by atoms with van der Waals surface area (Å²) >= 11 is 5.82. The van der Waals surface area contributed by atoms with Crippen molar-refractivity contribution in [3.63, 3.8) is 0 Å². The third-order valence-electron chi connectivity index (χ3n) is 4.81. The van der Waals surface area contributed by atoms with Crippen molar-refractivity contribution in [2.75, 3.05) is 0 Å². The average molecular weight is 443 g/mol. The van der Waals surface area contributed by atoms with Crippen molar-refractivity contribution < 1.29 is 8.83 Å². The van der Waals surface area contributed by atoms with Gasteiger partial charge < -0.3 is 8.83 Å². The Kier molecular flexibility index (Phi) is 5.23. The predicted octanol–water partition coefficient (Wildman–Crippen LogP) is 5.73. The fraction of sp³-hybridized carbons (Fsp3) is 0. The Morgan fingerprint density at radius 1 is 0.844 bits per heavy atom. The number of H-pyrrole nitrogens is 1. The van der Waals surface area contributed by atoms with Crippen molar-refractivity contribution in [1.82, 2.24) is 20.4 Å². The summed E-state index contributed by atoms with van der Waals surface area (Å²) < 4.78 is 10.4. The summed E-state index contributed by atoms with van der Waals surface area (Å²) in [6.07, 6.45) is 3.06. The molecule has 0 saturated carbocycles. The molecule has 156 valence electrons. The molecule has 32 heavy (non-hydrogen) atoms. The van der Waals surface area contributed by atoms with Crippen LogP contribution >= 0.6 is 11.6 Å². The summed E-state index contributed by atoms with van der Waals surface area (Å²) in [6, 6.07) is 23.0. The second-order valence-corrected chi connectivity index (χ2v) is 7.19. The summed E-state index contributed by atoms with van der Waals surface area (Å²) in [4.78, 5) is 11.4. The lowest BCUT2D eigenvalue weighted by Gasteiger charge is -2.00. The van der Waals surface area contributed by atoms with Gasteiger partial charge in [0.15, 0.2) is 10.8 Å². The third kappa shape index (κ3) is 3.77. The van der Waals surface area contributed by atoms with Gasteiger partial charge in [0.1, 0.15) is 11.4 Å². The Balaban J connectivity index is 0.000000135. The highest BCUT2D eigenvalue weighted by Crippen LogP contribution is 2.29. The molecule has 7 nitrogen and oxygen atoms in total. The SMILES string of the molecule is Clc1cc2c(-c3ccccc3)nncc2o1.O=c1[nH]nc(-c2ccccc2)c2ccoc12. The number of rotatable bonds is 2. The molecule has 4 heterocycles. The van der Waals surface area contributed by atoms with E-state index >= 15 is 0 Å². The van der Waals surface area contributed by atoms with Gasteiger partial charge in [0.05, 0.1) is 23.2 Å². The van der Waals surface area contributed by atoms with E-state index in [0.29, 0.717) is 16.4 Å². The molecule has 2 aromatic carbocycles. The Labute approximate surface area is 186 Å². The second kappa shape index (κ2) is 8.49. The highest BCUT2D eigenvalue weighted by Gasteiger charge is 2.11. The van der Waals surface area contributed by atoms with Crippen molar-refractivity contribution in [2.24, 2.45) is 0 Å². The molecule has 4 aromatic heterocycles. The normalized spacial score (nSPS) is 10.8. The van der Waals surface area contributed by atoms with E-state index in [0.717, 1.165) is 33.3 Å². The van der Waals surface area contributed by atoms with Gasteiger partial charge in [-0.2, -0.15) is 10.2 Å². The third-order valence-corrected chi connectivity index (χ3v) is 5.00. The van der Waals surface area contributed by atoms with Crippen LogP contribution in [0.3, 0.4) is 0 Å². The number of hydrogen-bond acceptors (Lipinski definition) is 6. The molecule has 0 radical (unpaired) electrons. The van der Waals surface area contributed by atoms with Crippen LogP contribution in [0, 0.1) is 0 Å². The molecule has 0 saturated heterocycles. The zero-order chi connectivity index (χ0) is 21.9. The van der Waals surface area contributed by atoms with Gasteiger partial charge >= 0.3 is 5.56 Å². The van der Waals surface area contributed by atoms with E-state index in [-0.39, 0.29) is 5.56 Å². The van der Waals surface area contributed by atoms with Gasteiger partial charge in [0.2, 0.25) is 5.58 Å². The highest BCUT2D eigenvalue weighted by atomic mass is 35.5. The van der Waals surface area contributed by atoms with Crippen molar-refractivity contribution in [3.05, 3.63) is 101 Å². The maximum Gasteiger partial charge on any atom is 0.307 e. The van der Waals surface area contributed by atoms with Gasteiger partial charge in [-0.05, 0) is 17.7 Å². The lowest BCUT2D eigenvalue weighted by Crippen LogP contribution is -2.07. The fourth-order valence-electron chi connectivity index (χ4n) is 3.36. The zero-order valence-electron chi connectivity index (χ0n) is 16.5. The summed E-state index contributed by atoms with van der Waals surface area (Å²) in [7, 11) is 0. The van der Waals surface area contributed by atoms with Crippen LogP contribution in [0.1, 0.15) is 0 Å². The van der Waals surface area contributed by atoms with E-state index in [9.17, 15) is 4.79 Å². The van der Waals surface area contributed by atoms with Crippen molar-refractivity contribution >= 4 is 33.5 Å². The molecule has 6 aromatic rings. The summed E-state index contributed by atoms with van der Waals surface area (Å²) in [5.41, 5.74) is 4.12. The Bertz CT molecular complexity index is 1560. The number of benzene rings is 2. The molecular formula is C24H15ClN4O3.